The van der Waals surface area contributed by atoms with E-state index >= 15 is 0 Å². The summed E-state index contributed by atoms with van der Waals surface area (Å²) in [6.45, 7) is 0.664. The average Bonchev–Trinajstić information content (AvgIpc) is 2.42. The summed E-state index contributed by atoms with van der Waals surface area (Å²) in [6, 6.07) is 4.47. The van der Waals surface area contributed by atoms with Crippen molar-refractivity contribution >= 4 is 11.6 Å². The van der Waals surface area contributed by atoms with Crippen LogP contribution in [0.1, 0.15) is 43.0 Å². The highest BCUT2D eigenvalue weighted by Crippen LogP contribution is 2.27. The van der Waals surface area contributed by atoms with Crippen molar-refractivity contribution in [2.24, 2.45) is 0 Å². The van der Waals surface area contributed by atoms with Gasteiger partial charge in [-0.25, -0.2) is 8.78 Å². The summed E-state index contributed by atoms with van der Waals surface area (Å²) in [6.07, 6.45) is 6.27. The van der Waals surface area contributed by atoms with Crippen molar-refractivity contribution in [2.45, 2.75) is 43.5 Å². The van der Waals surface area contributed by atoms with Gasteiger partial charge in [-0.3, -0.25) is 0 Å². The normalized spacial score (nSPS) is 18.8. The number of alkyl halides is 1. The van der Waals surface area contributed by atoms with Gasteiger partial charge < -0.3 is 4.90 Å². The summed E-state index contributed by atoms with van der Waals surface area (Å²) < 4.78 is 26.1. The molecule has 0 heterocycles. The van der Waals surface area contributed by atoms with Gasteiger partial charge in [-0.1, -0.05) is 25.3 Å². The molecule has 1 saturated carbocycles. The molecule has 0 amide bonds. The highest BCUT2D eigenvalue weighted by molar-refractivity contribution is 6.21. The topological polar surface area (TPSA) is 3.24 Å². The van der Waals surface area contributed by atoms with Crippen LogP contribution >= 0.6 is 11.6 Å². The van der Waals surface area contributed by atoms with Gasteiger partial charge in [0.15, 0.2) is 11.6 Å². The van der Waals surface area contributed by atoms with Gasteiger partial charge in [0.2, 0.25) is 0 Å². The number of benzene rings is 1. The SMILES string of the molecule is CN(CC(Cl)c1ccc(F)c(F)c1)C1CCCCC1. The van der Waals surface area contributed by atoms with E-state index in [1.807, 2.05) is 0 Å². The van der Waals surface area contributed by atoms with Crippen molar-refractivity contribution in [3.63, 3.8) is 0 Å². The summed E-state index contributed by atoms with van der Waals surface area (Å²) in [7, 11) is 2.06. The lowest BCUT2D eigenvalue weighted by Gasteiger charge is -2.32. The molecule has 19 heavy (non-hydrogen) atoms. The summed E-state index contributed by atoms with van der Waals surface area (Å²) >= 11 is 6.31. The predicted octanol–water partition coefficient (Wildman–Crippen LogP) is 4.51. The fourth-order valence-corrected chi connectivity index (χ4v) is 3.09. The van der Waals surface area contributed by atoms with Crippen LogP contribution in [0, 0.1) is 11.6 Å². The van der Waals surface area contributed by atoms with Crippen molar-refractivity contribution < 1.29 is 8.78 Å². The maximum atomic E-state index is 13.2. The number of hydrogen-bond acceptors (Lipinski definition) is 1. The molecule has 1 aromatic carbocycles. The third kappa shape index (κ3) is 3.90. The van der Waals surface area contributed by atoms with Crippen molar-refractivity contribution in [3.05, 3.63) is 35.4 Å². The molecule has 0 radical (unpaired) electrons. The molecular formula is C15H20ClF2N. The Bertz CT molecular complexity index is 419. The third-order valence-corrected chi connectivity index (χ3v) is 4.34. The minimum absolute atomic E-state index is 0.304. The Hall–Kier alpha value is -0.670. The molecule has 0 N–H and O–H groups in total. The van der Waals surface area contributed by atoms with Crippen LogP contribution in [0.5, 0.6) is 0 Å². The van der Waals surface area contributed by atoms with E-state index in [0.717, 1.165) is 6.07 Å². The van der Waals surface area contributed by atoms with Gasteiger partial charge in [0.1, 0.15) is 0 Å². The van der Waals surface area contributed by atoms with Gasteiger partial charge in [-0.05, 0) is 37.6 Å². The second kappa shape index (κ2) is 6.67. The van der Waals surface area contributed by atoms with E-state index < -0.39 is 11.6 Å². The first-order valence-corrected chi connectivity index (χ1v) is 7.31. The first kappa shape index (κ1) is 14.7. The summed E-state index contributed by atoms with van der Waals surface area (Å²) in [4.78, 5) is 2.25. The number of likely N-dealkylation sites (N-methyl/N-ethyl adjacent to an activating group) is 1. The Morgan fingerprint density at radius 2 is 1.89 bits per heavy atom. The van der Waals surface area contributed by atoms with Gasteiger partial charge in [0.05, 0.1) is 5.38 Å². The summed E-state index contributed by atoms with van der Waals surface area (Å²) in [5, 5.41) is -0.304. The lowest BCUT2D eigenvalue weighted by Crippen LogP contribution is -2.35. The molecule has 0 saturated heterocycles. The van der Waals surface area contributed by atoms with Crippen molar-refractivity contribution in [1.82, 2.24) is 4.90 Å². The highest BCUT2D eigenvalue weighted by atomic mass is 35.5. The van der Waals surface area contributed by atoms with Crippen LogP contribution in [-0.4, -0.2) is 24.5 Å². The maximum Gasteiger partial charge on any atom is 0.159 e. The number of halogens is 3. The predicted molar refractivity (Wildman–Crippen MR) is 74.5 cm³/mol. The fraction of sp³-hybridized carbons (Fsp3) is 0.600. The number of nitrogens with zero attached hydrogens (tertiary/aromatic N) is 1. The number of hydrogen-bond donors (Lipinski definition) is 0. The Balaban J connectivity index is 1.95. The summed E-state index contributed by atoms with van der Waals surface area (Å²) in [5.41, 5.74) is 0.642. The van der Waals surface area contributed by atoms with E-state index in [4.69, 9.17) is 11.6 Å². The van der Waals surface area contributed by atoms with Crippen LogP contribution in [0.15, 0.2) is 18.2 Å². The molecule has 0 aromatic heterocycles. The van der Waals surface area contributed by atoms with Crippen LogP contribution < -0.4 is 0 Å². The molecule has 4 heteroatoms. The zero-order chi connectivity index (χ0) is 13.8. The first-order chi connectivity index (χ1) is 9.08. The molecule has 106 valence electrons. The van der Waals surface area contributed by atoms with E-state index in [1.54, 1.807) is 6.07 Å². The molecule has 1 unspecified atom stereocenters. The lowest BCUT2D eigenvalue weighted by molar-refractivity contribution is 0.192. The molecule has 1 aromatic rings. The highest BCUT2D eigenvalue weighted by Gasteiger charge is 2.21. The molecule has 1 atom stereocenters. The molecule has 2 rings (SSSR count). The fourth-order valence-electron chi connectivity index (χ4n) is 2.74. The molecule has 0 spiro atoms. The van der Waals surface area contributed by atoms with E-state index in [-0.39, 0.29) is 5.38 Å². The minimum Gasteiger partial charge on any atom is -0.302 e. The van der Waals surface area contributed by atoms with Crippen LogP contribution in [0.3, 0.4) is 0 Å². The monoisotopic (exact) mass is 287 g/mol. The first-order valence-electron chi connectivity index (χ1n) is 6.87. The standard InChI is InChI=1S/C15H20ClF2N/c1-19(12-5-3-2-4-6-12)10-13(16)11-7-8-14(17)15(18)9-11/h7-9,12-13H,2-6,10H2,1H3. The van der Waals surface area contributed by atoms with Crippen molar-refractivity contribution in [2.75, 3.05) is 13.6 Å². The molecular weight excluding hydrogens is 268 g/mol. The van der Waals surface area contributed by atoms with Gasteiger partial charge >= 0.3 is 0 Å². The van der Waals surface area contributed by atoms with Crippen molar-refractivity contribution in [3.8, 4) is 0 Å². The smallest absolute Gasteiger partial charge is 0.159 e. The maximum absolute atomic E-state index is 13.2. The van der Waals surface area contributed by atoms with Crippen LogP contribution in [0.25, 0.3) is 0 Å². The zero-order valence-electron chi connectivity index (χ0n) is 11.2. The Morgan fingerprint density at radius 3 is 2.53 bits per heavy atom. The Labute approximate surface area is 118 Å². The quantitative estimate of drug-likeness (QED) is 0.737. The Kier molecular flexibility index (Phi) is 5.17. The number of rotatable bonds is 4. The van der Waals surface area contributed by atoms with Gasteiger partial charge in [-0.2, -0.15) is 0 Å². The van der Waals surface area contributed by atoms with Crippen LogP contribution in [0.2, 0.25) is 0 Å². The molecule has 1 aliphatic rings. The average molecular weight is 288 g/mol. The van der Waals surface area contributed by atoms with Crippen LogP contribution in [-0.2, 0) is 0 Å². The zero-order valence-corrected chi connectivity index (χ0v) is 12.0. The van der Waals surface area contributed by atoms with Gasteiger partial charge in [-0.15, -0.1) is 11.6 Å². The third-order valence-electron chi connectivity index (χ3n) is 3.95. The summed E-state index contributed by atoms with van der Waals surface area (Å²) in [5.74, 6) is -1.66. The van der Waals surface area contributed by atoms with Gasteiger partial charge in [0.25, 0.3) is 0 Å². The second-order valence-corrected chi connectivity index (χ2v) is 5.90. The molecule has 1 fully saturated rings. The van der Waals surface area contributed by atoms with Crippen LogP contribution in [0.4, 0.5) is 8.78 Å². The largest absolute Gasteiger partial charge is 0.302 e. The molecule has 1 aliphatic carbocycles. The van der Waals surface area contributed by atoms with Crippen molar-refractivity contribution in [1.29, 1.82) is 0 Å². The Morgan fingerprint density at radius 1 is 1.21 bits per heavy atom. The lowest BCUT2D eigenvalue weighted by atomic mass is 9.94. The minimum atomic E-state index is -0.830. The molecule has 0 aliphatic heterocycles. The van der Waals surface area contributed by atoms with E-state index in [0.29, 0.717) is 18.2 Å². The molecule has 0 bridgehead atoms. The second-order valence-electron chi connectivity index (χ2n) is 5.37. The van der Waals surface area contributed by atoms with Gasteiger partial charge in [0, 0.05) is 12.6 Å². The molecule has 1 nitrogen and oxygen atoms in total. The van der Waals surface area contributed by atoms with E-state index in [2.05, 4.69) is 11.9 Å². The van der Waals surface area contributed by atoms with E-state index in [9.17, 15) is 8.78 Å². The van der Waals surface area contributed by atoms with E-state index in [1.165, 1.54) is 38.2 Å².